The Kier molecular flexibility index (Phi) is 3.14. The molecule has 1 aromatic rings. The second-order valence-corrected chi connectivity index (χ2v) is 4.99. The van der Waals surface area contributed by atoms with Crippen LogP contribution in [0.4, 0.5) is 0 Å². The molecule has 1 heterocycles. The third-order valence-corrected chi connectivity index (χ3v) is 3.81. The molecule has 0 radical (unpaired) electrons. The Morgan fingerprint density at radius 3 is 2.82 bits per heavy atom. The Bertz CT molecular complexity index is 365. The fourth-order valence-corrected chi connectivity index (χ4v) is 2.85. The summed E-state index contributed by atoms with van der Waals surface area (Å²) in [5.41, 5.74) is 1.20. The molecule has 0 aromatic heterocycles. The minimum Gasteiger partial charge on any atom is -0.390 e. The van der Waals surface area contributed by atoms with Crippen molar-refractivity contribution < 1.29 is 14.6 Å². The van der Waals surface area contributed by atoms with Gasteiger partial charge in [-0.25, -0.2) is 0 Å². The smallest absolute Gasteiger partial charge is 0.0827 e. The van der Waals surface area contributed by atoms with E-state index < -0.39 is 0 Å². The van der Waals surface area contributed by atoms with Crippen molar-refractivity contribution in [3.8, 4) is 0 Å². The van der Waals surface area contributed by atoms with Gasteiger partial charge in [-0.15, -0.1) is 0 Å². The summed E-state index contributed by atoms with van der Waals surface area (Å²) in [6, 6.07) is 10.2. The number of aliphatic hydroxyl groups excluding tert-OH is 1. The number of hydrogen-bond donors (Lipinski definition) is 1. The minimum absolute atomic E-state index is 0.214. The predicted octanol–water partition coefficient (Wildman–Crippen LogP) is 1.74. The van der Waals surface area contributed by atoms with E-state index in [1.54, 1.807) is 0 Å². The molecule has 3 rings (SSSR count). The number of hydrogen-bond acceptors (Lipinski definition) is 3. The van der Waals surface area contributed by atoms with Crippen molar-refractivity contribution in [3.05, 3.63) is 35.9 Å². The lowest BCUT2D eigenvalue weighted by Gasteiger charge is -2.13. The van der Waals surface area contributed by atoms with E-state index in [4.69, 9.17) is 9.47 Å². The standard InChI is InChI=1S/C14H18O3/c15-13-9-17-14-7-11(6-12(13)14)16-8-10-4-2-1-3-5-10/h1-5,11-15H,6-9H2. The van der Waals surface area contributed by atoms with Crippen molar-refractivity contribution >= 4 is 0 Å². The molecule has 3 heteroatoms. The lowest BCUT2D eigenvalue weighted by molar-refractivity contribution is 0.0117. The first-order chi connectivity index (χ1) is 8.33. The van der Waals surface area contributed by atoms with E-state index in [1.165, 1.54) is 5.56 Å². The Morgan fingerprint density at radius 1 is 1.24 bits per heavy atom. The van der Waals surface area contributed by atoms with Crippen LogP contribution in [0.2, 0.25) is 0 Å². The summed E-state index contributed by atoms with van der Waals surface area (Å²) >= 11 is 0. The van der Waals surface area contributed by atoms with Gasteiger partial charge in [-0.3, -0.25) is 0 Å². The van der Waals surface area contributed by atoms with Gasteiger partial charge in [0.1, 0.15) is 0 Å². The largest absolute Gasteiger partial charge is 0.390 e. The van der Waals surface area contributed by atoms with Crippen LogP contribution in [0.1, 0.15) is 18.4 Å². The van der Waals surface area contributed by atoms with E-state index in [9.17, 15) is 5.11 Å². The maximum absolute atomic E-state index is 9.72. The summed E-state index contributed by atoms with van der Waals surface area (Å²) in [7, 11) is 0. The predicted molar refractivity (Wildman–Crippen MR) is 63.5 cm³/mol. The second kappa shape index (κ2) is 4.77. The van der Waals surface area contributed by atoms with Crippen LogP contribution in [0, 0.1) is 5.92 Å². The molecule has 3 nitrogen and oxygen atoms in total. The number of rotatable bonds is 3. The molecule has 2 aliphatic rings. The van der Waals surface area contributed by atoms with Crippen molar-refractivity contribution in [1.82, 2.24) is 0 Å². The Balaban J connectivity index is 1.52. The van der Waals surface area contributed by atoms with E-state index in [-0.39, 0.29) is 24.2 Å². The topological polar surface area (TPSA) is 38.7 Å². The lowest BCUT2D eigenvalue weighted by atomic mass is 10.0. The first-order valence-electron chi connectivity index (χ1n) is 6.28. The molecule has 1 saturated heterocycles. The van der Waals surface area contributed by atoms with Gasteiger partial charge in [0, 0.05) is 12.3 Å². The van der Waals surface area contributed by atoms with E-state index in [1.807, 2.05) is 18.2 Å². The van der Waals surface area contributed by atoms with Crippen molar-refractivity contribution in [2.24, 2.45) is 5.92 Å². The fraction of sp³-hybridized carbons (Fsp3) is 0.571. The van der Waals surface area contributed by atoms with Gasteiger partial charge in [0.15, 0.2) is 0 Å². The maximum Gasteiger partial charge on any atom is 0.0827 e. The first-order valence-corrected chi connectivity index (χ1v) is 6.28. The highest BCUT2D eigenvalue weighted by atomic mass is 16.5. The normalized spacial score (nSPS) is 36.1. The molecule has 1 aliphatic heterocycles. The van der Waals surface area contributed by atoms with Crippen LogP contribution in [0.15, 0.2) is 30.3 Å². The summed E-state index contributed by atoms with van der Waals surface area (Å²) < 4.78 is 11.4. The van der Waals surface area contributed by atoms with Crippen LogP contribution in [-0.4, -0.2) is 30.0 Å². The van der Waals surface area contributed by atoms with Gasteiger partial charge in [-0.2, -0.15) is 0 Å². The average Bonchev–Trinajstić information content (AvgIpc) is 2.91. The Morgan fingerprint density at radius 2 is 2.06 bits per heavy atom. The van der Waals surface area contributed by atoms with Crippen LogP contribution in [0.3, 0.4) is 0 Å². The molecule has 4 atom stereocenters. The molecule has 1 N–H and O–H groups in total. The first kappa shape index (κ1) is 11.2. The Labute approximate surface area is 101 Å². The van der Waals surface area contributed by atoms with Gasteiger partial charge in [0.05, 0.1) is 31.5 Å². The van der Waals surface area contributed by atoms with Crippen LogP contribution in [0.5, 0.6) is 0 Å². The number of fused-ring (bicyclic) bond motifs is 1. The lowest BCUT2D eigenvalue weighted by Crippen LogP contribution is -2.19. The summed E-state index contributed by atoms with van der Waals surface area (Å²) in [5, 5.41) is 9.72. The maximum atomic E-state index is 9.72. The molecule has 1 aromatic carbocycles. The van der Waals surface area contributed by atoms with Crippen LogP contribution in [0.25, 0.3) is 0 Å². The minimum atomic E-state index is -0.287. The zero-order valence-corrected chi connectivity index (χ0v) is 9.79. The number of ether oxygens (including phenoxy) is 2. The van der Waals surface area contributed by atoms with Gasteiger partial charge < -0.3 is 14.6 Å². The monoisotopic (exact) mass is 234 g/mol. The highest BCUT2D eigenvalue weighted by molar-refractivity contribution is 5.13. The zero-order chi connectivity index (χ0) is 11.7. The highest BCUT2D eigenvalue weighted by Crippen LogP contribution is 2.37. The quantitative estimate of drug-likeness (QED) is 0.865. The van der Waals surface area contributed by atoms with Crippen molar-refractivity contribution in [1.29, 1.82) is 0 Å². The molecule has 17 heavy (non-hydrogen) atoms. The molecule has 4 unspecified atom stereocenters. The van der Waals surface area contributed by atoms with Gasteiger partial charge in [-0.1, -0.05) is 30.3 Å². The highest BCUT2D eigenvalue weighted by Gasteiger charge is 2.44. The molecule has 92 valence electrons. The zero-order valence-electron chi connectivity index (χ0n) is 9.79. The van der Waals surface area contributed by atoms with E-state index in [2.05, 4.69) is 12.1 Å². The summed E-state index contributed by atoms with van der Waals surface area (Å²) in [5.74, 6) is 0.288. The van der Waals surface area contributed by atoms with E-state index >= 15 is 0 Å². The van der Waals surface area contributed by atoms with Gasteiger partial charge in [0.2, 0.25) is 0 Å². The fourth-order valence-electron chi connectivity index (χ4n) is 2.85. The number of aliphatic hydroxyl groups is 1. The van der Waals surface area contributed by atoms with E-state index in [0.717, 1.165) is 12.8 Å². The molecule has 1 saturated carbocycles. The van der Waals surface area contributed by atoms with Crippen molar-refractivity contribution in [2.45, 2.75) is 37.8 Å². The summed E-state index contributed by atoms with van der Waals surface area (Å²) in [6.07, 6.45) is 2.02. The van der Waals surface area contributed by atoms with Gasteiger partial charge in [0.25, 0.3) is 0 Å². The molecule has 0 spiro atoms. The van der Waals surface area contributed by atoms with Gasteiger partial charge in [-0.05, 0) is 12.0 Å². The third kappa shape index (κ3) is 2.37. The summed E-state index contributed by atoms with van der Waals surface area (Å²) in [4.78, 5) is 0. The summed E-state index contributed by atoms with van der Waals surface area (Å²) in [6.45, 7) is 1.15. The van der Waals surface area contributed by atoms with Crippen molar-refractivity contribution in [3.63, 3.8) is 0 Å². The third-order valence-electron chi connectivity index (χ3n) is 3.81. The van der Waals surface area contributed by atoms with Crippen LogP contribution < -0.4 is 0 Å². The van der Waals surface area contributed by atoms with E-state index in [0.29, 0.717) is 13.2 Å². The average molecular weight is 234 g/mol. The van der Waals surface area contributed by atoms with Crippen molar-refractivity contribution in [2.75, 3.05) is 6.61 Å². The molecule has 2 fully saturated rings. The SMILES string of the molecule is OC1COC2CC(OCc3ccccc3)CC12. The van der Waals surface area contributed by atoms with Crippen LogP contribution in [-0.2, 0) is 16.1 Å². The molecule has 0 amide bonds. The molecule has 0 bridgehead atoms. The molecule has 1 aliphatic carbocycles. The molecular formula is C14H18O3. The van der Waals surface area contributed by atoms with Gasteiger partial charge >= 0.3 is 0 Å². The molecular weight excluding hydrogens is 216 g/mol. The number of benzene rings is 1. The van der Waals surface area contributed by atoms with Crippen LogP contribution >= 0.6 is 0 Å². The second-order valence-electron chi connectivity index (χ2n) is 4.99. The Hall–Kier alpha value is -0.900.